The van der Waals surface area contributed by atoms with Gasteiger partial charge in [-0.3, -0.25) is 9.78 Å². The number of H-pyrrole nitrogens is 1. The van der Waals surface area contributed by atoms with Crippen LogP contribution in [0.4, 0.5) is 5.82 Å². The number of hydrogen-bond donors (Lipinski definition) is 2. The van der Waals surface area contributed by atoms with Gasteiger partial charge >= 0.3 is 0 Å². The highest BCUT2D eigenvalue weighted by Gasteiger charge is 2.30. The second-order valence-electron chi connectivity index (χ2n) is 6.04. The minimum atomic E-state index is 0.0884. The summed E-state index contributed by atoms with van der Waals surface area (Å²) in [5, 5.41) is 14.8. The summed E-state index contributed by atoms with van der Waals surface area (Å²) in [6, 6.07) is 5.91. The van der Waals surface area contributed by atoms with Crippen molar-refractivity contribution in [2.24, 2.45) is 13.0 Å². The van der Waals surface area contributed by atoms with Crippen molar-refractivity contribution >= 4 is 5.82 Å². The number of nitrogens with one attached hydrogen (secondary N) is 2. The first-order valence-electron chi connectivity index (χ1n) is 8.10. The molecule has 4 rings (SSSR count). The third-order valence-electron chi connectivity index (χ3n) is 4.40. The summed E-state index contributed by atoms with van der Waals surface area (Å²) in [6.07, 6.45) is 8.57. The van der Waals surface area contributed by atoms with Crippen LogP contribution in [0, 0.1) is 5.92 Å². The molecule has 3 aromatic heterocycles. The fourth-order valence-corrected chi connectivity index (χ4v) is 3.20. The van der Waals surface area contributed by atoms with Crippen LogP contribution in [0.15, 0.2) is 43.0 Å². The van der Waals surface area contributed by atoms with E-state index in [-0.39, 0.29) is 6.10 Å². The molecule has 24 heavy (non-hydrogen) atoms. The molecule has 0 saturated carbocycles. The van der Waals surface area contributed by atoms with Gasteiger partial charge in [0.05, 0.1) is 18.0 Å². The van der Waals surface area contributed by atoms with Crippen LogP contribution in [-0.4, -0.2) is 38.1 Å². The molecule has 7 nitrogen and oxygen atoms in total. The van der Waals surface area contributed by atoms with E-state index in [1.165, 1.54) is 0 Å². The SMILES string of the molecule is Cn1cc([C@@H]2OCC[C@H]2CNc2ncccc2-c2ccn[nH]2)cn1. The highest BCUT2D eigenvalue weighted by molar-refractivity contribution is 5.71. The van der Waals surface area contributed by atoms with Crippen LogP contribution >= 0.6 is 0 Å². The third kappa shape index (κ3) is 2.90. The Morgan fingerprint density at radius 1 is 1.38 bits per heavy atom. The zero-order valence-corrected chi connectivity index (χ0v) is 13.5. The summed E-state index contributed by atoms with van der Waals surface area (Å²) in [7, 11) is 1.93. The van der Waals surface area contributed by atoms with Crippen LogP contribution < -0.4 is 5.32 Å². The Bertz CT molecular complexity index is 797. The predicted molar refractivity (Wildman–Crippen MR) is 90.3 cm³/mol. The maximum Gasteiger partial charge on any atom is 0.135 e. The van der Waals surface area contributed by atoms with Gasteiger partial charge in [-0.2, -0.15) is 10.2 Å². The number of aryl methyl sites for hydroxylation is 1. The average molecular weight is 324 g/mol. The second-order valence-corrected chi connectivity index (χ2v) is 6.04. The number of aromatic nitrogens is 5. The zero-order valence-electron chi connectivity index (χ0n) is 13.5. The topological polar surface area (TPSA) is 80.6 Å². The number of pyridine rings is 1. The fourth-order valence-electron chi connectivity index (χ4n) is 3.20. The van der Waals surface area contributed by atoms with Crippen molar-refractivity contribution in [1.82, 2.24) is 25.0 Å². The Balaban J connectivity index is 1.49. The van der Waals surface area contributed by atoms with E-state index in [0.717, 1.165) is 42.2 Å². The van der Waals surface area contributed by atoms with Crippen molar-refractivity contribution in [1.29, 1.82) is 0 Å². The van der Waals surface area contributed by atoms with Crippen molar-refractivity contribution in [3.63, 3.8) is 0 Å². The molecule has 7 heteroatoms. The molecule has 124 valence electrons. The summed E-state index contributed by atoms with van der Waals surface area (Å²) in [5.41, 5.74) is 3.11. The summed E-state index contributed by atoms with van der Waals surface area (Å²) in [6.45, 7) is 1.58. The number of nitrogens with zero attached hydrogens (tertiary/aromatic N) is 4. The van der Waals surface area contributed by atoms with Crippen molar-refractivity contribution in [3.05, 3.63) is 48.5 Å². The molecule has 1 aliphatic heterocycles. The van der Waals surface area contributed by atoms with Gasteiger partial charge in [-0.1, -0.05) is 0 Å². The second kappa shape index (κ2) is 6.45. The third-order valence-corrected chi connectivity index (χ3v) is 4.40. The maximum atomic E-state index is 5.93. The lowest BCUT2D eigenvalue weighted by Gasteiger charge is -2.19. The van der Waals surface area contributed by atoms with E-state index in [1.807, 2.05) is 42.3 Å². The van der Waals surface area contributed by atoms with E-state index >= 15 is 0 Å². The molecule has 1 aliphatic rings. The van der Waals surface area contributed by atoms with Gasteiger partial charge in [0.1, 0.15) is 5.82 Å². The van der Waals surface area contributed by atoms with Gasteiger partial charge in [-0.25, -0.2) is 4.98 Å². The van der Waals surface area contributed by atoms with E-state index in [1.54, 1.807) is 12.4 Å². The smallest absolute Gasteiger partial charge is 0.135 e. The van der Waals surface area contributed by atoms with Gasteiger partial charge < -0.3 is 10.1 Å². The normalized spacial score (nSPS) is 20.4. The molecular weight excluding hydrogens is 304 g/mol. The van der Waals surface area contributed by atoms with Crippen LogP contribution in [-0.2, 0) is 11.8 Å². The highest BCUT2D eigenvalue weighted by atomic mass is 16.5. The molecule has 1 saturated heterocycles. The molecule has 0 unspecified atom stereocenters. The first-order valence-corrected chi connectivity index (χ1v) is 8.10. The first kappa shape index (κ1) is 14.9. The number of anilines is 1. The molecule has 0 aromatic carbocycles. The van der Waals surface area contributed by atoms with E-state index in [0.29, 0.717) is 5.92 Å². The number of aromatic amines is 1. The van der Waals surface area contributed by atoms with Gasteiger partial charge in [0.2, 0.25) is 0 Å². The van der Waals surface area contributed by atoms with Crippen LogP contribution in [0.1, 0.15) is 18.1 Å². The van der Waals surface area contributed by atoms with Crippen LogP contribution in [0.25, 0.3) is 11.3 Å². The lowest BCUT2D eigenvalue weighted by Crippen LogP contribution is -2.18. The minimum Gasteiger partial charge on any atom is -0.373 e. The molecule has 4 heterocycles. The average Bonchev–Trinajstić information content (AvgIpc) is 3.34. The molecule has 0 spiro atoms. The zero-order chi connectivity index (χ0) is 16.4. The van der Waals surface area contributed by atoms with Gasteiger partial charge in [-0.15, -0.1) is 0 Å². The van der Waals surface area contributed by atoms with E-state index in [4.69, 9.17) is 4.74 Å². The van der Waals surface area contributed by atoms with Gasteiger partial charge in [0.25, 0.3) is 0 Å². The van der Waals surface area contributed by atoms with E-state index in [2.05, 4.69) is 25.6 Å². The Labute approximate surface area is 140 Å². The van der Waals surface area contributed by atoms with Gasteiger partial charge in [0.15, 0.2) is 0 Å². The highest BCUT2D eigenvalue weighted by Crippen LogP contribution is 2.35. The maximum absolute atomic E-state index is 5.93. The van der Waals surface area contributed by atoms with Gasteiger partial charge in [0, 0.05) is 55.8 Å². The summed E-state index contributed by atoms with van der Waals surface area (Å²) in [4.78, 5) is 4.48. The van der Waals surface area contributed by atoms with Crippen LogP contribution in [0.3, 0.4) is 0 Å². The van der Waals surface area contributed by atoms with Crippen LogP contribution in [0.2, 0.25) is 0 Å². The summed E-state index contributed by atoms with van der Waals surface area (Å²) in [5.74, 6) is 1.25. The lowest BCUT2D eigenvalue weighted by molar-refractivity contribution is 0.0932. The summed E-state index contributed by atoms with van der Waals surface area (Å²) >= 11 is 0. The minimum absolute atomic E-state index is 0.0884. The Morgan fingerprint density at radius 2 is 2.33 bits per heavy atom. The van der Waals surface area contributed by atoms with Gasteiger partial charge in [-0.05, 0) is 24.6 Å². The van der Waals surface area contributed by atoms with Crippen molar-refractivity contribution in [2.45, 2.75) is 12.5 Å². The Kier molecular flexibility index (Phi) is 4.00. The number of rotatable bonds is 5. The van der Waals surface area contributed by atoms with Crippen molar-refractivity contribution in [2.75, 3.05) is 18.5 Å². The number of ether oxygens (including phenoxy) is 1. The molecule has 3 aromatic rings. The molecule has 0 amide bonds. The van der Waals surface area contributed by atoms with Crippen molar-refractivity contribution in [3.8, 4) is 11.3 Å². The first-order chi connectivity index (χ1) is 11.8. The molecule has 0 bridgehead atoms. The standard InChI is InChI=1S/C17H20N6O/c1-23-11-13(10-21-23)16-12(5-8-24-16)9-19-17-14(3-2-6-18-17)15-4-7-20-22-15/h2-4,6-7,10-12,16H,5,8-9H2,1H3,(H,18,19)(H,20,22)/t12-,16+/m0/s1. The molecule has 2 N–H and O–H groups in total. The monoisotopic (exact) mass is 324 g/mol. The van der Waals surface area contributed by atoms with E-state index < -0.39 is 0 Å². The largest absolute Gasteiger partial charge is 0.373 e. The molecular formula is C17H20N6O. The van der Waals surface area contributed by atoms with E-state index in [9.17, 15) is 0 Å². The molecule has 2 atom stereocenters. The van der Waals surface area contributed by atoms with Crippen LogP contribution in [0.5, 0.6) is 0 Å². The quantitative estimate of drug-likeness (QED) is 0.753. The Hall–Kier alpha value is -2.67. The molecule has 0 radical (unpaired) electrons. The Morgan fingerprint density at radius 3 is 3.12 bits per heavy atom. The number of hydrogen-bond acceptors (Lipinski definition) is 5. The fraction of sp³-hybridized carbons (Fsp3) is 0.353. The van der Waals surface area contributed by atoms with Crippen molar-refractivity contribution < 1.29 is 4.74 Å². The lowest BCUT2D eigenvalue weighted by atomic mass is 9.97. The predicted octanol–water partition coefficient (Wildman–Crippen LogP) is 2.39. The molecule has 0 aliphatic carbocycles. The molecule has 1 fully saturated rings. The summed E-state index contributed by atoms with van der Waals surface area (Å²) < 4.78 is 7.74.